The van der Waals surface area contributed by atoms with Crippen LogP contribution in [0.5, 0.6) is 0 Å². The summed E-state index contributed by atoms with van der Waals surface area (Å²) in [5.41, 5.74) is 10.3. The third-order valence-corrected chi connectivity index (χ3v) is 5.00. The van der Waals surface area contributed by atoms with Gasteiger partial charge in [-0.05, 0) is 30.2 Å². The van der Waals surface area contributed by atoms with Gasteiger partial charge in [0, 0.05) is 6.54 Å². The van der Waals surface area contributed by atoms with Crippen molar-refractivity contribution in [1.82, 2.24) is 21.2 Å². The van der Waals surface area contributed by atoms with E-state index < -0.39 is 35.6 Å². The number of benzene rings is 1. The van der Waals surface area contributed by atoms with Gasteiger partial charge < -0.3 is 11.1 Å². The Morgan fingerprint density at radius 3 is 2.14 bits per heavy atom. The summed E-state index contributed by atoms with van der Waals surface area (Å²) in [5, 5.41) is 12.7. The number of hydrogen-bond acceptors (Lipinski definition) is 5. The molecule has 0 saturated carbocycles. The third-order valence-electron chi connectivity index (χ3n) is 5.00. The molecule has 0 fully saturated rings. The summed E-state index contributed by atoms with van der Waals surface area (Å²) in [7, 11) is 0. The molecule has 0 radical (unpaired) electrons. The second-order valence-electron chi connectivity index (χ2n) is 8.96. The van der Waals surface area contributed by atoms with E-state index in [1.165, 1.54) is 0 Å². The van der Waals surface area contributed by atoms with E-state index in [0.717, 1.165) is 10.6 Å². The minimum atomic E-state index is -0.868. The van der Waals surface area contributed by atoms with Crippen molar-refractivity contribution >= 4 is 42.2 Å². The SMILES string of the molecule is CC(C)C[C@@H](C(=O)NN(CC(C)C)C(=O)CNC(N)=O)[C@H](C/C=C/c1ccccc1)C(=O)NO.Cl. The molecule has 196 valence electrons. The Labute approximate surface area is 213 Å². The van der Waals surface area contributed by atoms with Crippen LogP contribution in [0.25, 0.3) is 6.08 Å². The lowest BCUT2D eigenvalue weighted by atomic mass is 9.82. The molecule has 2 atom stereocenters. The number of nitrogens with two attached hydrogens (primary N) is 1. The van der Waals surface area contributed by atoms with Gasteiger partial charge in [0.1, 0.15) is 6.54 Å². The molecule has 1 aromatic carbocycles. The Morgan fingerprint density at radius 2 is 1.63 bits per heavy atom. The summed E-state index contributed by atoms with van der Waals surface area (Å²) in [6.45, 7) is 7.40. The minimum Gasteiger partial charge on any atom is -0.352 e. The molecule has 10 nitrogen and oxygen atoms in total. The molecule has 5 amide bonds. The van der Waals surface area contributed by atoms with Gasteiger partial charge in [-0.1, -0.05) is 70.2 Å². The maximum atomic E-state index is 13.3. The fourth-order valence-corrected chi connectivity index (χ4v) is 3.46. The molecular weight excluding hydrogens is 474 g/mol. The quantitative estimate of drug-likeness (QED) is 0.215. The summed E-state index contributed by atoms with van der Waals surface area (Å²) in [5.74, 6) is -3.36. The van der Waals surface area contributed by atoms with E-state index in [9.17, 15) is 24.4 Å². The number of carbonyl (C=O) groups excluding carboxylic acids is 4. The summed E-state index contributed by atoms with van der Waals surface area (Å²) < 4.78 is 0. The number of rotatable bonds is 12. The zero-order chi connectivity index (χ0) is 25.7. The van der Waals surface area contributed by atoms with E-state index in [4.69, 9.17) is 5.73 Å². The summed E-state index contributed by atoms with van der Waals surface area (Å²) in [4.78, 5) is 49.4. The van der Waals surface area contributed by atoms with Crippen LogP contribution in [-0.4, -0.2) is 47.1 Å². The average molecular weight is 512 g/mol. The van der Waals surface area contributed by atoms with E-state index in [1.807, 2.05) is 64.1 Å². The van der Waals surface area contributed by atoms with Crippen LogP contribution in [0, 0.1) is 23.7 Å². The number of primary amides is 1. The molecule has 0 bridgehead atoms. The zero-order valence-corrected chi connectivity index (χ0v) is 21.5. The molecule has 1 rings (SSSR count). The molecule has 6 N–H and O–H groups in total. The standard InChI is InChI=1S/C24H37N5O5.ClH/c1-16(2)13-20(19(23(32)28-34)12-8-11-18-9-6-5-7-10-18)22(31)27-29(15-17(3)4)21(30)14-26-24(25)33;/h5-11,16-17,19-20,34H,12-15H2,1-4H3,(H,27,31)(H,28,32)(H3,25,26,33);1H/b11-8+;/t19-,20+;/m0./s1. The van der Waals surface area contributed by atoms with Crippen LogP contribution in [0.15, 0.2) is 36.4 Å². The van der Waals surface area contributed by atoms with Gasteiger partial charge in [0.15, 0.2) is 0 Å². The number of carbonyl (C=O) groups is 4. The highest BCUT2D eigenvalue weighted by Crippen LogP contribution is 2.25. The first-order valence-electron chi connectivity index (χ1n) is 11.3. The van der Waals surface area contributed by atoms with Crippen molar-refractivity contribution in [2.75, 3.05) is 13.1 Å². The van der Waals surface area contributed by atoms with E-state index >= 15 is 0 Å². The smallest absolute Gasteiger partial charge is 0.312 e. The zero-order valence-electron chi connectivity index (χ0n) is 20.7. The molecule has 0 spiro atoms. The van der Waals surface area contributed by atoms with Crippen molar-refractivity contribution < 1.29 is 24.4 Å². The minimum absolute atomic E-state index is 0. The maximum absolute atomic E-state index is 13.3. The highest BCUT2D eigenvalue weighted by molar-refractivity contribution is 5.90. The fraction of sp³-hybridized carbons (Fsp3) is 0.500. The Morgan fingerprint density at radius 1 is 1.00 bits per heavy atom. The molecule has 0 unspecified atom stereocenters. The van der Waals surface area contributed by atoms with Crippen LogP contribution in [0.2, 0.25) is 0 Å². The van der Waals surface area contributed by atoms with Crippen LogP contribution >= 0.6 is 12.4 Å². The first-order valence-corrected chi connectivity index (χ1v) is 11.3. The molecule has 11 heteroatoms. The molecule has 0 aliphatic rings. The van der Waals surface area contributed by atoms with Gasteiger partial charge in [-0.2, -0.15) is 0 Å². The van der Waals surface area contributed by atoms with Crippen molar-refractivity contribution in [3.8, 4) is 0 Å². The molecule has 0 heterocycles. The maximum Gasteiger partial charge on any atom is 0.312 e. The van der Waals surface area contributed by atoms with Crippen molar-refractivity contribution in [3.05, 3.63) is 42.0 Å². The molecule has 35 heavy (non-hydrogen) atoms. The van der Waals surface area contributed by atoms with Crippen LogP contribution in [0.4, 0.5) is 4.79 Å². The molecule has 0 aliphatic heterocycles. The lowest BCUT2D eigenvalue weighted by Crippen LogP contribution is -2.54. The second-order valence-corrected chi connectivity index (χ2v) is 8.96. The number of nitrogens with one attached hydrogen (secondary N) is 3. The normalized spacial score (nSPS) is 12.5. The van der Waals surface area contributed by atoms with Crippen molar-refractivity contribution in [2.24, 2.45) is 29.4 Å². The molecule has 0 aromatic heterocycles. The van der Waals surface area contributed by atoms with Gasteiger partial charge >= 0.3 is 6.03 Å². The van der Waals surface area contributed by atoms with Gasteiger partial charge in [0.2, 0.25) is 11.8 Å². The van der Waals surface area contributed by atoms with Crippen LogP contribution < -0.4 is 22.0 Å². The highest BCUT2D eigenvalue weighted by Gasteiger charge is 2.35. The van der Waals surface area contributed by atoms with Gasteiger partial charge in [-0.3, -0.25) is 30.0 Å². The van der Waals surface area contributed by atoms with Gasteiger partial charge in [0.05, 0.1) is 11.8 Å². The Kier molecular flexibility index (Phi) is 15.0. The Bertz CT molecular complexity index is 848. The lowest BCUT2D eigenvalue weighted by Gasteiger charge is -2.30. The average Bonchev–Trinajstić information content (AvgIpc) is 2.78. The summed E-state index contributed by atoms with van der Waals surface area (Å²) in [6, 6.07) is 8.63. The number of halogens is 1. The summed E-state index contributed by atoms with van der Waals surface area (Å²) in [6.07, 6.45) is 4.18. The summed E-state index contributed by atoms with van der Waals surface area (Å²) >= 11 is 0. The molecule has 0 aliphatic carbocycles. The largest absolute Gasteiger partial charge is 0.352 e. The monoisotopic (exact) mass is 511 g/mol. The van der Waals surface area contributed by atoms with Crippen LogP contribution in [0.3, 0.4) is 0 Å². The van der Waals surface area contributed by atoms with Gasteiger partial charge in [-0.15, -0.1) is 12.4 Å². The van der Waals surface area contributed by atoms with Crippen molar-refractivity contribution in [1.29, 1.82) is 0 Å². The van der Waals surface area contributed by atoms with Crippen molar-refractivity contribution in [2.45, 2.75) is 40.5 Å². The number of amides is 5. The van der Waals surface area contributed by atoms with Crippen LogP contribution in [0.1, 0.15) is 46.1 Å². The lowest BCUT2D eigenvalue weighted by molar-refractivity contribution is -0.147. The number of hydrogen-bond donors (Lipinski definition) is 5. The predicted molar refractivity (Wildman–Crippen MR) is 136 cm³/mol. The molecule has 0 saturated heterocycles. The Balaban J connectivity index is 0.0000116. The number of hydroxylamine groups is 1. The first-order chi connectivity index (χ1) is 16.0. The van der Waals surface area contributed by atoms with Crippen molar-refractivity contribution in [3.63, 3.8) is 0 Å². The Hall–Kier alpha value is -3.11. The van der Waals surface area contributed by atoms with Gasteiger partial charge in [-0.25, -0.2) is 10.3 Å². The van der Waals surface area contributed by atoms with E-state index in [2.05, 4.69) is 10.7 Å². The third kappa shape index (κ3) is 12.2. The van der Waals surface area contributed by atoms with E-state index in [-0.39, 0.29) is 43.8 Å². The second kappa shape index (κ2) is 16.5. The number of allylic oxidation sites excluding steroid dienone is 1. The van der Waals surface area contributed by atoms with E-state index in [0.29, 0.717) is 6.42 Å². The number of hydrazine groups is 1. The fourth-order valence-electron chi connectivity index (χ4n) is 3.46. The topological polar surface area (TPSA) is 154 Å². The molecular formula is C24H38ClN5O5. The predicted octanol–water partition coefficient (Wildman–Crippen LogP) is 2.48. The first kappa shape index (κ1) is 31.9. The molecule has 1 aromatic rings. The van der Waals surface area contributed by atoms with Crippen LogP contribution in [-0.2, 0) is 14.4 Å². The van der Waals surface area contributed by atoms with Gasteiger partial charge in [0.25, 0.3) is 5.91 Å². The highest BCUT2D eigenvalue weighted by atomic mass is 35.5. The van der Waals surface area contributed by atoms with E-state index in [1.54, 1.807) is 11.6 Å². The number of urea groups is 1. The number of nitrogens with zero attached hydrogens (tertiary/aromatic N) is 1.